The first-order chi connectivity index (χ1) is 6.01. The predicted molar refractivity (Wildman–Crippen MR) is 38.8 cm³/mol. The zero-order chi connectivity index (χ0) is 11.7. The molecule has 0 aliphatic carbocycles. The summed E-state index contributed by atoms with van der Waals surface area (Å²) in [5.41, 5.74) is 4.91. The molecular formula is C7H10F5NO. The van der Waals surface area contributed by atoms with Crippen LogP contribution in [0.1, 0.15) is 13.8 Å². The lowest BCUT2D eigenvalue weighted by Gasteiger charge is -2.23. The first-order valence-electron chi connectivity index (χ1n) is 3.76. The quantitative estimate of drug-likeness (QED) is 0.734. The summed E-state index contributed by atoms with van der Waals surface area (Å²) in [4.78, 5) is 10.7. The molecule has 0 rings (SSSR count). The number of alkyl halides is 5. The van der Waals surface area contributed by atoms with Crippen molar-refractivity contribution in [1.29, 1.82) is 0 Å². The molecule has 0 spiro atoms. The van der Waals surface area contributed by atoms with Crippen LogP contribution in [-0.2, 0) is 4.79 Å². The molecule has 84 valence electrons. The van der Waals surface area contributed by atoms with Gasteiger partial charge in [0.1, 0.15) is 0 Å². The Morgan fingerprint density at radius 1 is 1.14 bits per heavy atom. The van der Waals surface area contributed by atoms with Gasteiger partial charge < -0.3 is 5.73 Å². The molecule has 0 aliphatic heterocycles. The molecule has 1 atom stereocenters. The van der Waals surface area contributed by atoms with Gasteiger partial charge in [-0.15, -0.1) is 0 Å². The third-order valence-electron chi connectivity index (χ3n) is 1.69. The lowest BCUT2D eigenvalue weighted by Crippen LogP contribution is -2.53. The number of hydrogen-bond donors (Lipinski definition) is 1. The lowest BCUT2D eigenvalue weighted by molar-refractivity contribution is -0.269. The Morgan fingerprint density at radius 3 is 1.71 bits per heavy atom. The number of ketones is 1. The summed E-state index contributed by atoms with van der Waals surface area (Å²) >= 11 is 0. The SMILES string of the molecule is CC(C)C(N)C(=O)C(F)(F)C(F)(F)F. The summed E-state index contributed by atoms with van der Waals surface area (Å²) in [5, 5.41) is 0. The van der Waals surface area contributed by atoms with E-state index in [0.717, 1.165) is 0 Å². The van der Waals surface area contributed by atoms with Gasteiger partial charge in [-0.3, -0.25) is 4.79 Å². The van der Waals surface area contributed by atoms with Gasteiger partial charge in [0.05, 0.1) is 6.04 Å². The van der Waals surface area contributed by atoms with E-state index < -0.39 is 29.8 Å². The van der Waals surface area contributed by atoms with Gasteiger partial charge in [0, 0.05) is 0 Å². The van der Waals surface area contributed by atoms with Gasteiger partial charge in [-0.1, -0.05) is 13.8 Å². The van der Waals surface area contributed by atoms with E-state index in [0.29, 0.717) is 0 Å². The molecule has 0 heterocycles. The van der Waals surface area contributed by atoms with E-state index in [1.54, 1.807) is 0 Å². The molecule has 1 unspecified atom stereocenters. The average molecular weight is 219 g/mol. The van der Waals surface area contributed by atoms with E-state index in [1.165, 1.54) is 13.8 Å². The molecule has 0 aliphatic rings. The number of hydrogen-bond acceptors (Lipinski definition) is 2. The van der Waals surface area contributed by atoms with Crippen molar-refractivity contribution in [3.63, 3.8) is 0 Å². The van der Waals surface area contributed by atoms with Crippen LogP contribution < -0.4 is 5.73 Å². The molecule has 0 aromatic carbocycles. The summed E-state index contributed by atoms with van der Waals surface area (Å²) in [6, 6.07) is -1.81. The van der Waals surface area contributed by atoms with Crippen molar-refractivity contribution in [1.82, 2.24) is 0 Å². The number of halogens is 5. The van der Waals surface area contributed by atoms with Crippen LogP contribution in [0, 0.1) is 5.92 Å². The third kappa shape index (κ3) is 2.40. The van der Waals surface area contributed by atoms with Crippen molar-refractivity contribution in [2.24, 2.45) is 11.7 Å². The summed E-state index contributed by atoms with van der Waals surface area (Å²) in [6.45, 7) is 2.57. The fourth-order valence-corrected chi connectivity index (χ4v) is 0.652. The van der Waals surface area contributed by atoms with E-state index >= 15 is 0 Å². The van der Waals surface area contributed by atoms with Crippen LogP contribution in [0.25, 0.3) is 0 Å². The van der Waals surface area contributed by atoms with Crippen LogP contribution in [0.5, 0.6) is 0 Å². The Labute approximate surface area is 77.3 Å². The van der Waals surface area contributed by atoms with Crippen molar-refractivity contribution in [2.45, 2.75) is 32.0 Å². The molecule has 2 nitrogen and oxygen atoms in total. The van der Waals surface area contributed by atoms with Crippen LogP contribution in [0.3, 0.4) is 0 Å². The highest BCUT2D eigenvalue weighted by atomic mass is 19.4. The predicted octanol–water partition coefficient (Wildman–Crippen LogP) is 1.74. The summed E-state index contributed by atoms with van der Waals surface area (Å²) in [5.74, 6) is -8.42. The van der Waals surface area contributed by atoms with Gasteiger partial charge in [-0.05, 0) is 5.92 Å². The Bertz CT molecular complexity index is 223. The maximum atomic E-state index is 12.4. The molecule has 0 saturated heterocycles. The Morgan fingerprint density at radius 2 is 1.50 bits per heavy atom. The van der Waals surface area contributed by atoms with Gasteiger partial charge in [0.15, 0.2) is 0 Å². The normalized spacial score (nSPS) is 15.8. The van der Waals surface area contributed by atoms with Crippen molar-refractivity contribution in [3.8, 4) is 0 Å². The standard InChI is InChI=1S/C7H10F5NO/c1-3(2)4(13)5(14)6(8,9)7(10,11)12/h3-4H,13H2,1-2H3. The van der Waals surface area contributed by atoms with Crippen molar-refractivity contribution in [3.05, 3.63) is 0 Å². The van der Waals surface area contributed by atoms with E-state index in [2.05, 4.69) is 0 Å². The lowest BCUT2D eigenvalue weighted by atomic mass is 9.97. The van der Waals surface area contributed by atoms with E-state index in [4.69, 9.17) is 5.73 Å². The van der Waals surface area contributed by atoms with Crippen molar-refractivity contribution >= 4 is 5.78 Å². The molecule has 0 fully saturated rings. The highest BCUT2D eigenvalue weighted by molar-refractivity contribution is 5.91. The molecule has 2 N–H and O–H groups in total. The molecule has 14 heavy (non-hydrogen) atoms. The third-order valence-corrected chi connectivity index (χ3v) is 1.69. The fourth-order valence-electron chi connectivity index (χ4n) is 0.652. The smallest absolute Gasteiger partial charge is 0.321 e. The molecule has 0 aromatic rings. The minimum atomic E-state index is -5.88. The summed E-state index contributed by atoms with van der Waals surface area (Å²) in [6.07, 6.45) is -5.88. The monoisotopic (exact) mass is 219 g/mol. The van der Waals surface area contributed by atoms with Gasteiger partial charge in [0.25, 0.3) is 0 Å². The van der Waals surface area contributed by atoms with Crippen LogP contribution in [-0.4, -0.2) is 23.9 Å². The number of carbonyl (C=O) groups excluding carboxylic acids is 1. The zero-order valence-electron chi connectivity index (χ0n) is 7.53. The minimum Gasteiger partial charge on any atom is -0.321 e. The first kappa shape index (κ1) is 13.3. The molecule has 7 heteroatoms. The van der Waals surface area contributed by atoms with E-state index in [1.807, 2.05) is 0 Å². The van der Waals surface area contributed by atoms with Gasteiger partial charge in [-0.2, -0.15) is 22.0 Å². The number of rotatable bonds is 3. The van der Waals surface area contributed by atoms with E-state index in [9.17, 15) is 26.7 Å². The summed E-state index contributed by atoms with van der Waals surface area (Å²) in [7, 11) is 0. The molecular weight excluding hydrogens is 209 g/mol. The largest absolute Gasteiger partial charge is 0.461 e. The maximum Gasteiger partial charge on any atom is 0.461 e. The van der Waals surface area contributed by atoms with Crippen LogP contribution >= 0.6 is 0 Å². The Kier molecular flexibility index (Phi) is 3.60. The number of nitrogens with two attached hydrogens (primary N) is 1. The zero-order valence-corrected chi connectivity index (χ0v) is 7.53. The number of carbonyl (C=O) groups is 1. The molecule has 0 radical (unpaired) electrons. The van der Waals surface area contributed by atoms with Crippen LogP contribution in [0.4, 0.5) is 22.0 Å². The van der Waals surface area contributed by atoms with Crippen molar-refractivity contribution in [2.75, 3.05) is 0 Å². The van der Waals surface area contributed by atoms with Crippen molar-refractivity contribution < 1.29 is 26.7 Å². The molecule has 0 saturated carbocycles. The van der Waals surface area contributed by atoms with Crippen LogP contribution in [0.2, 0.25) is 0 Å². The molecule has 0 amide bonds. The highest BCUT2D eigenvalue weighted by Crippen LogP contribution is 2.37. The maximum absolute atomic E-state index is 12.4. The first-order valence-corrected chi connectivity index (χ1v) is 3.76. The van der Waals surface area contributed by atoms with Gasteiger partial charge >= 0.3 is 12.1 Å². The molecule has 0 aromatic heterocycles. The highest BCUT2D eigenvalue weighted by Gasteiger charge is 2.64. The van der Waals surface area contributed by atoms with Gasteiger partial charge in [0.2, 0.25) is 5.78 Å². The number of Topliss-reactive ketones (excluding diaryl/α,β-unsaturated/α-hetero) is 1. The Balaban J connectivity index is 4.86. The van der Waals surface area contributed by atoms with E-state index in [-0.39, 0.29) is 0 Å². The second-order valence-electron chi connectivity index (χ2n) is 3.21. The fraction of sp³-hybridized carbons (Fsp3) is 0.857. The topological polar surface area (TPSA) is 43.1 Å². The Hall–Kier alpha value is -0.720. The molecule has 0 bridgehead atoms. The summed E-state index contributed by atoms with van der Waals surface area (Å²) < 4.78 is 59.8. The second-order valence-corrected chi connectivity index (χ2v) is 3.21. The second kappa shape index (κ2) is 3.80. The van der Waals surface area contributed by atoms with Gasteiger partial charge in [-0.25, -0.2) is 0 Å². The van der Waals surface area contributed by atoms with Crippen LogP contribution in [0.15, 0.2) is 0 Å². The minimum absolute atomic E-state index is 0.768. The average Bonchev–Trinajstić information content (AvgIpc) is 1.99.